The number of hydrogen-bond acceptors (Lipinski definition) is 7. The summed E-state index contributed by atoms with van der Waals surface area (Å²) in [5.41, 5.74) is 1.62. The highest BCUT2D eigenvalue weighted by Crippen LogP contribution is 2.31. The van der Waals surface area contributed by atoms with E-state index >= 15 is 0 Å². The number of amides is 3. The number of urea groups is 1. The van der Waals surface area contributed by atoms with E-state index in [1.807, 2.05) is 62.9 Å². The SMILES string of the molecule is COc1ccc(-c2ccc(N3CCCN(C(=O)CN(C(=O)NC(C)C)C(C)C)CC3)nn2)cc1OC. The first-order valence-corrected chi connectivity index (χ1v) is 12.4. The number of benzene rings is 1. The van der Waals surface area contributed by atoms with Crippen LogP contribution in [0.15, 0.2) is 30.3 Å². The zero-order chi connectivity index (χ0) is 26.2. The maximum Gasteiger partial charge on any atom is 0.318 e. The number of anilines is 1. The highest BCUT2D eigenvalue weighted by Gasteiger charge is 2.25. The molecule has 196 valence electrons. The number of aromatic nitrogens is 2. The van der Waals surface area contributed by atoms with Crippen molar-refractivity contribution in [3.05, 3.63) is 30.3 Å². The number of carbonyl (C=O) groups excluding carboxylic acids is 2. The fourth-order valence-electron chi connectivity index (χ4n) is 4.10. The maximum absolute atomic E-state index is 13.0. The first kappa shape index (κ1) is 27.0. The van der Waals surface area contributed by atoms with Crippen molar-refractivity contribution in [3.8, 4) is 22.8 Å². The molecule has 0 spiro atoms. The highest BCUT2D eigenvalue weighted by molar-refractivity contribution is 5.84. The second-order valence-corrected chi connectivity index (χ2v) is 9.39. The Kier molecular flexibility index (Phi) is 9.32. The molecule has 1 aliphatic rings. The fourth-order valence-corrected chi connectivity index (χ4v) is 4.10. The van der Waals surface area contributed by atoms with Crippen LogP contribution in [0.3, 0.4) is 0 Å². The molecule has 3 amide bonds. The lowest BCUT2D eigenvalue weighted by atomic mass is 10.1. The van der Waals surface area contributed by atoms with Crippen molar-refractivity contribution in [3.63, 3.8) is 0 Å². The smallest absolute Gasteiger partial charge is 0.318 e. The molecule has 1 saturated heterocycles. The van der Waals surface area contributed by atoms with Gasteiger partial charge in [0.2, 0.25) is 5.91 Å². The molecule has 10 nitrogen and oxygen atoms in total. The van der Waals surface area contributed by atoms with Crippen LogP contribution < -0.4 is 19.7 Å². The van der Waals surface area contributed by atoms with Gasteiger partial charge in [0.15, 0.2) is 17.3 Å². The quantitative estimate of drug-likeness (QED) is 0.597. The van der Waals surface area contributed by atoms with Crippen LogP contribution in [0, 0.1) is 0 Å². The molecule has 1 aromatic heterocycles. The Morgan fingerprint density at radius 2 is 1.72 bits per heavy atom. The van der Waals surface area contributed by atoms with Crippen LogP contribution in [0.5, 0.6) is 11.5 Å². The van der Waals surface area contributed by atoms with Crippen LogP contribution >= 0.6 is 0 Å². The Balaban J connectivity index is 1.63. The molecule has 36 heavy (non-hydrogen) atoms. The zero-order valence-corrected chi connectivity index (χ0v) is 22.2. The molecule has 3 rings (SSSR count). The molecule has 0 unspecified atom stereocenters. The summed E-state index contributed by atoms with van der Waals surface area (Å²) in [6.45, 7) is 10.3. The molecule has 1 aromatic carbocycles. The van der Waals surface area contributed by atoms with E-state index in [9.17, 15) is 9.59 Å². The van der Waals surface area contributed by atoms with Crippen LogP contribution in [0.1, 0.15) is 34.1 Å². The molecule has 0 bridgehead atoms. The van der Waals surface area contributed by atoms with E-state index in [1.165, 1.54) is 0 Å². The molecule has 0 aliphatic carbocycles. The van der Waals surface area contributed by atoms with Crippen molar-refractivity contribution >= 4 is 17.8 Å². The summed E-state index contributed by atoms with van der Waals surface area (Å²) < 4.78 is 10.7. The molecular weight excluding hydrogens is 460 g/mol. The van der Waals surface area contributed by atoms with Crippen LogP contribution in [0.4, 0.5) is 10.6 Å². The van der Waals surface area contributed by atoms with Gasteiger partial charge in [-0.3, -0.25) is 4.79 Å². The second-order valence-electron chi connectivity index (χ2n) is 9.39. The minimum Gasteiger partial charge on any atom is -0.493 e. The Morgan fingerprint density at radius 3 is 2.33 bits per heavy atom. The van der Waals surface area contributed by atoms with Gasteiger partial charge in [0, 0.05) is 43.8 Å². The van der Waals surface area contributed by atoms with Crippen molar-refractivity contribution in [2.75, 3.05) is 51.8 Å². The molecule has 1 fully saturated rings. The Morgan fingerprint density at radius 1 is 0.972 bits per heavy atom. The van der Waals surface area contributed by atoms with Crippen molar-refractivity contribution < 1.29 is 19.1 Å². The zero-order valence-electron chi connectivity index (χ0n) is 22.2. The van der Waals surface area contributed by atoms with E-state index in [0.29, 0.717) is 31.1 Å². The average molecular weight is 499 g/mol. The molecule has 0 radical (unpaired) electrons. The summed E-state index contributed by atoms with van der Waals surface area (Å²) in [4.78, 5) is 31.1. The minimum absolute atomic E-state index is 0.0137. The molecule has 0 saturated carbocycles. The molecule has 1 N–H and O–H groups in total. The Labute approximate surface area is 213 Å². The predicted octanol–water partition coefficient (Wildman–Crippen LogP) is 3.03. The van der Waals surface area contributed by atoms with Gasteiger partial charge in [0.05, 0.1) is 19.9 Å². The fraction of sp³-hybridized carbons (Fsp3) is 0.538. The number of nitrogens with one attached hydrogen (secondary N) is 1. The van der Waals surface area contributed by atoms with E-state index in [0.717, 1.165) is 30.0 Å². The predicted molar refractivity (Wildman–Crippen MR) is 139 cm³/mol. The molecule has 10 heteroatoms. The summed E-state index contributed by atoms with van der Waals surface area (Å²) in [6.07, 6.45) is 0.810. The van der Waals surface area contributed by atoms with E-state index in [4.69, 9.17) is 9.47 Å². The maximum atomic E-state index is 13.0. The molecule has 2 heterocycles. The topological polar surface area (TPSA) is 100 Å². The number of methoxy groups -OCH3 is 2. The number of hydrogen-bond donors (Lipinski definition) is 1. The lowest BCUT2D eigenvalue weighted by molar-refractivity contribution is -0.131. The molecule has 0 atom stereocenters. The van der Waals surface area contributed by atoms with Crippen molar-refractivity contribution in [1.29, 1.82) is 0 Å². The lowest BCUT2D eigenvalue weighted by Gasteiger charge is -2.30. The van der Waals surface area contributed by atoms with E-state index in [1.54, 1.807) is 19.1 Å². The molecule has 2 aromatic rings. The Hall–Kier alpha value is -3.56. The van der Waals surface area contributed by atoms with Gasteiger partial charge in [-0.05, 0) is 64.4 Å². The van der Waals surface area contributed by atoms with E-state index in [-0.39, 0.29) is 30.6 Å². The van der Waals surface area contributed by atoms with Gasteiger partial charge >= 0.3 is 6.03 Å². The number of rotatable bonds is 8. The summed E-state index contributed by atoms with van der Waals surface area (Å²) >= 11 is 0. The second kappa shape index (κ2) is 12.4. The third-order valence-electron chi connectivity index (χ3n) is 6.10. The summed E-state index contributed by atoms with van der Waals surface area (Å²) in [5.74, 6) is 2.02. The Bertz CT molecular complexity index is 1030. The number of ether oxygens (including phenoxy) is 2. The normalized spacial score (nSPS) is 14.0. The van der Waals surface area contributed by atoms with Crippen molar-refractivity contribution in [1.82, 2.24) is 25.3 Å². The van der Waals surface area contributed by atoms with Gasteiger partial charge in [-0.15, -0.1) is 10.2 Å². The minimum atomic E-state index is -0.213. The third-order valence-corrected chi connectivity index (χ3v) is 6.10. The summed E-state index contributed by atoms with van der Waals surface area (Å²) in [6, 6.07) is 9.25. The van der Waals surface area contributed by atoms with Crippen molar-refractivity contribution in [2.24, 2.45) is 0 Å². The first-order chi connectivity index (χ1) is 17.2. The first-order valence-electron chi connectivity index (χ1n) is 12.4. The van der Waals surface area contributed by atoms with Gasteiger partial charge in [0.25, 0.3) is 0 Å². The van der Waals surface area contributed by atoms with Gasteiger partial charge in [0.1, 0.15) is 6.54 Å². The monoisotopic (exact) mass is 498 g/mol. The van der Waals surface area contributed by atoms with Crippen LogP contribution in [-0.2, 0) is 4.79 Å². The molecule has 1 aliphatic heterocycles. The van der Waals surface area contributed by atoms with Gasteiger partial charge in [-0.1, -0.05) is 0 Å². The van der Waals surface area contributed by atoms with E-state index in [2.05, 4.69) is 20.4 Å². The largest absolute Gasteiger partial charge is 0.493 e. The average Bonchev–Trinajstić information content (AvgIpc) is 3.12. The van der Waals surface area contributed by atoms with Crippen molar-refractivity contribution in [2.45, 2.75) is 46.2 Å². The third kappa shape index (κ3) is 6.77. The van der Waals surface area contributed by atoms with Gasteiger partial charge in [-0.2, -0.15) is 0 Å². The van der Waals surface area contributed by atoms with Gasteiger partial charge < -0.3 is 29.5 Å². The highest BCUT2D eigenvalue weighted by atomic mass is 16.5. The molecular formula is C26H38N6O4. The van der Waals surface area contributed by atoms with Gasteiger partial charge in [-0.25, -0.2) is 4.79 Å². The summed E-state index contributed by atoms with van der Waals surface area (Å²) in [5, 5.41) is 11.8. The number of nitrogens with zero attached hydrogens (tertiary/aromatic N) is 5. The van der Waals surface area contributed by atoms with Crippen LogP contribution in [0.25, 0.3) is 11.3 Å². The lowest BCUT2D eigenvalue weighted by Crippen LogP contribution is -2.51. The number of carbonyl (C=O) groups is 2. The van der Waals surface area contributed by atoms with Crippen LogP contribution in [0.2, 0.25) is 0 Å². The van der Waals surface area contributed by atoms with Crippen LogP contribution in [-0.4, -0.2) is 91.0 Å². The summed E-state index contributed by atoms with van der Waals surface area (Å²) in [7, 11) is 3.20. The standard InChI is InChI=1S/C26H38N6O4/c1-18(2)27-26(34)32(19(3)4)17-25(33)31-13-7-12-30(14-15-31)24-11-9-21(28-29-24)20-8-10-22(35-5)23(16-20)36-6/h8-11,16,18-19H,7,12-15,17H2,1-6H3,(H,27,34). The van der Waals surface area contributed by atoms with E-state index < -0.39 is 0 Å².